The fraction of sp³-hybridized carbons (Fsp3) is 0.167. The van der Waals surface area contributed by atoms with E-state index in [1.165, 1.54) is 24.3 Å². The molecule has 0 spiro atoms. The summed E-state index contributed by atoms with van der Waals surface area (Å²) in [6.07, 6.45) is 1.63. The first-order chi connectivity index (χ1) is 14.6. The molecule has 1 aromatic heterocycles. The maximum Gasteiger partial charge on any atom is 0.323 e. The Morgan fingerprint density at radius 3 is 2.50 bits per heavy atom. The molecule has 0 radical (unpaired) electrons. The molecule has 0 aliphatic rings. The first kappa shape index (κ1) is 19.6. The Morgan fingerprint density at radius 1 is 0.933 bits per heavy atom. The van der Waals surface area contributed by atoms with Crippen LogP contribution in [-0.4, -0.2) is 15.6 Å². The molecule has 0 fully saturated rings. The molecular formula is C24H23FN4O. The molecule has 30 heavy (non-hydrogen) atoms. The number of benzene rings is 3. The standard InChI is InChI=1S/C24H23FN4O/c1-2-29-22-9-4-3-8-21(22)28-23(29)15-10-17-6-5-7-20(16-17)27-24(30)26-19-13-11-18(25)12-14-19/h3-9,11-14,16H,2,10,15H2,1H3,(H2,26,27,30). The molecule has 2 amide bonds. The van der Waals surface area contributed by atoms with E-state index in [0.717, 1.165) is 41.8 Å². The number of carbonyl (C=O) groups excluding carboxylic acids is 1. The number of nitrogens with one attached hydrogen (secondary N) is 2. The number of hydrogen-bond donors (Lipinski definition) is 2. The normalized spacial score (nSPS) is 10.9. The lowest BCUT2D eigenvalue weighted by atomic mass is 10.1. The highest BCUT2D eigenvalue weighted by molar-refractivity contribution is 5.99. The average Bonchev–Trinajstić information content (AvgIpc) is 3.11. The summed E-state index contributed by atoms with van der Waals surface area (Å²) in [5.41, 5.74) is 4.52. The van der Waals surface area contributed by atoms with E-state index < -0.39 is 0 Å². The van der Waals surface area contributed by atoms with Crippen molar-refractivity contribution in [1.82, 2.24) is 9.55 Å². The number of aromatic nitrogens is 2. The summed E-state index contributed by atoms with van der Waals surface area (Å²) >= 11 is 0. The van der Waals surface area contributed by atoms with Crippen molar-refractivity contribution in [2.45, 2.75) is 26.3 Å². The molecule has 6 heteroatoms. The van der Waals surface area contributed by atoms with Gasteiger partial charge in [0.25, 0.3) is 0 Å². The molecule has 0 atom stereocenters. The fourth-order valence-corrected chi connectivity index (χ4v) is 3.56. The highest BCUT2D eigenvalue weighted by atomic mass is 19.1. The number of nitrogens with zero attached hydrogens (tertiary/aromatic N) is 2. The van der Waals surface area contributed by atoms with Gasteiger partial charge in [-0.05, 0) is 67.4 Å². The van der Waals surface area contributed by atoms with Crippen molar-refractivity contribution in [1.29, 1.82) is 0 Å². The van der Waals surface area contributed by atoms with Crippen molar-refractivity contribution in [3.8, 4) is 0 Å². The Morgan fingerprint density at radius 2 is 1.70 bits per heavy atom. The van der Waals surface area contributed by atoms with E-state index in [2.05, 4.69) is 28.2 Å². The lowest BCUT2D eigenvalue weighted by molar-refractivity contribution is 0.262. The van der Waals surface area contributed by atoms with Crippen molar-refractivity contribution in [2.24, 2.45) is 0 Å². The number of aryl methyl sites for hydroxylation is 3. The Bertz CT molecular complexity index is 1170. The molecule has 0 bridgehead atoms. The Kier molecular flexibility index (Phi) is 5.75. The monoisotopic (exact) mass is 402 g/mol. The van der Waals surface area contributed by atoms with Crippen LogP contribution in [0.1, 0.15) is 18.3 Å². The van der Waals surface area contributed by atoms with Gasteiger partial charge in [-0.25, -0.2) is 14.2 Å². The van der Waals surface area contributed by atoms with E-state index in [9.17, 15) is 9.18 Å². The highest BCUT2D eigenvalue weighted by Crippen LogP contribution is 2.19. The van der Waals surface area contributed by atoms with Gasteiger partial charge in [-0.15, -0.1) is 0 Å². The van der Waals surface area contributed by atoms with Crippen LogP contribution in [-0.2, 0) is 19.4 Å². The van der Waals surface area contributed by atoms with Crippen LogP contribution in [0.4, 0.5) is 20.6 Å². The Labute approximate surface area is 174 Å². The van der Waals surface area contributed by atoms with Gasteiger partial charge in [0.15, 0.2) is 0 Å². The summed E-state index contributed by atoms with van der Waals surface area (Å²) in [5, 5.41) is 5.52. The molecule has 5 nitrogen and oxygen atoms in total. The largest absolute Gasteiger partial charge is 0.328 e. The average molecular weight is 402 g/mol. The van der Waals surface area contributed by atoms with Gasteiger partial charge in [0.2, 0.25) is 0 Å². The zero-order valence-corrected chi connectivity index (χ0v) is 16.7. The molecule has 0 unspecified atom stereocenters. The number of fused-ring (bicyclic) bond motifs is 1. The van der Waals surface area contributed by atoms with Crippen LogP contribution in [0, 0.1) is 5.82 Å². The maximum absolute atomic E-state index is 13.0. The third kappa shape index (κ3) is 4.49. The summed E-state index contributed by atoms with van der Waals surface area (Å²) in [6, 6.07) is 21.2. The predicted octanol–water partition coefficient (Wildman–Crippen LogP) is 5.62. The van der Waals surface area contributed by atoms with E-state index in [4.69, 9.17) is 4.98 Å². The molecule has 4 rings (SSSR count). The fourth-order valence-electron chi connectivity index (χ4n) is 3.56. The maximum atomic E-state index is 13.0. The Balaban J connectivity index is 1.41. The second-order valence-electron chi connectivity index (χ2n) is 7.05. The minimum Gasteiger partial charge on any atom is -0.328 e. The summed E-state index contributed by atoms with van der Waals surface area (Å²) in [4.78, 5) is 17.0. The molecule has 2 N–H and O–H groups in total. The molecule has 4 aromatic rings. The van der Waals surface area contributed by atoms with Crippen LogP contribution < -0.4 is 10.6 Å². The molecule has 0 saturated carbocycles. The third-order valence-corrected chi connectivity index (χ3v) is 4.97. The van der Waals surface area contributed by atoms with Gasteiger partial charge < -0.3 is 15.2 Å². The Hall–Kier alpha value is -3.67. The highest BCUT2D eigenvalue weighted by Gasteiger charge is 2.10. The van der Waals surface area contributed by atoms with Crippen molar-refractivity contribution in [2.75, 3.05) is 10.6 Å². The predicted molar refractivity (Wildman–Crippen MR) is 118 cm³/mol. The van der Waals surface area contributed by atoms with Crippen LogP contribution in [0.25, 0.3) is 11.0 Å². The van der Waals surface area contributed by atoms with Gasteiger partial charge >= 0.3 is 6.03 Å². The van der Waals surface area contributed by atoms with Crippen molar-refractivity contribution >= 4 is 28.4 Å². The first-order valence-electron chi connectivity index (χ1n) is 9.99. The van der Waals surface area contributed by atoms with E-state index >= 15 is 0 Å². The van der Waals surface area contributed by atoms with Crippen LogP contribution in [0.5, 0.6) is 0 Å². The number of amides is 2. The van der Waals surface area contributed by atoms with Gasteiger partial charge in [-0.2, -0.15) is 0 Å². The molecule has 1 heterocycles. The third-order valence-electron chi connectivity index (χ3n) is 4.97. The number of imidazole rings is 1. The SMILES string of the molecule is CCn1c(CCc2cccc(NC(=O)Nc3ccc(F)cc3)c2)nc2ccccc21. The lowest BCUT2D eigenvalue weighted by Crippen LogP contribution is -2.19. The van der Waals surface area contributed by atoms with Crippen LogP contribution >= 0.6 is 0 Å². The van der Waals surface area contributed by atoms with E-state index in [1.807, 2.05) is 42.5 Å². The van der Waals surface area contributed by atoms with E-state index in [-0.39, 0.29) is 11.8 Å². The zero-order chi connectivity index (χ0) is 20.9. The van der Waals surface area contributed by atoms with Crippen LogP contribution in [0.3, 0.4) is 0 Å². The zero-order valence-electron chi connectivity index (χ0n) is 16.7. The lowest BCUT2D eigenvalue weighted by Gasteiger charge is -2.10. The molecule has 152 valence electrons. The van der Waals surface area contributed by atoms with Crippen molar-refractivity contribution in [3.05, 3.63) is 90.0 Å². The van der Waals surface area contributed by atoms with E-state index in [0.29, 0.717) is 11.4 Å². The number of halogens is 1. The minimum atomic E-state index is -0.369. The summed E-state index contributed by atoms with van der Waals surface area (Å²) in [6.45, 7) is 3.00. The van der Waals surface area contributed by atoms with Gasteiger partial charge in [-0.1, -0.05) is 24.3 Å². The van der Waals surface area contributed by atoms with Gasteiger partial charge in [-0.3, -0.25) is 0 Å². The second kappa shape index (κ2) is 8.78. The topological polar surface area (TPSA) is 59.0 Å². The molecule has 0 saturated heterocycles. The number of rotatable bonds is 6. The quantitative estimate of drug-likeness (QED) is 0.439. The summed E-state index contributed by atoms with van der Waals surface area (Å²) in [7, 11) is 0. The molecule has 0 aliphatic heterocycles. The van der Waals surface area contributed by atoms with Crippen molar-refractivity contribution < 1.29 is 9.18 Å². The number of urea groups is 1. The number of anilines is 2. The van der Waals surface area contributed by atoms with Crippen molar-refractivity contribution in [3.63, 3.8) is 0 Å². The smallest absolute Gasteiger partial charge is 0.323 e. The number of carbonyl (C=O) groups is 1. The molecule has 3 aromatic carbocycles. The minimum absolute atomic E-state index is 0.342. The first-order valence-corrected chi connectivity index (χ1v) is 9.99. The van der Waals surface area contributed by atoms with Gasteiger partial charge in [0.05, 0.1) is 11.0 Å². The van der Waals surface area contributed by atoms with Crippen LogP contribution in [0.15, 0.2) is 72.8 Å². The van der Waals surface area contributed by atoms with Gasteiger partial charge in [0.1, 0.15) is 11.6 Å². The molecular weight excluding hydrogens is 379 g/mol. The molecule has 0 aliphatic carbocycles. The summed E-state index contributed by atoms with van der Waals surface area (Å²) < 4.78 is 15.2. The van der Waals surface area contributed by atoms with Crippen LogP contribution in [0.2, 0.25) is 0 Å². The second-order valence-corrected chi connectivity index (χ2v) is 7.05. The number of para-hydroxylation sites is 2. The number of hydrogen-bond acceptors (Lipinski definition) is 2. The summed E-state index contributed by atoms with van der Waals surface area (Å²) in [5.74, 6) is 0.719. The van der Waals surface area contributed by atoms with Gasteiger partial charge in [0, 0.05) is 24.3 Å². The van der Waals surface area contributed by atoms with E-state index in [1.54, 1.807) is 0 Å².